The Morgan fingerprint density at radius 3 is 2.47 bits per heavy atom. The van der Waals surface area contributed by atoms with E-state index in [1.54, 1.807) is 0 Å². The number of alkyl halides is 1. The smallest absolute Gasteiger partial charge is 0.171 e. The summed E-state index contributed by atoms with van der Waals surface area (Å²) in [4.78, 5) is 0.256. The van der Waals surface area contributed by atoms with Crippen LogP contribution in [0, 0.1) is 0 Å². The van der Waals surface area contributed by atoms with Crippen LogP contribution < -0.4 is 0 Å². The van der Waals surface area contributed by atoms with E-state index in [4.69, 9.17) is 9.47 Å². The number of benzene rings is 1. The van der Waals surface area contributed by atoms with Crippen LogP contribution in [0.1, 0.15) is 38.9 Å². The predicted molar refractivity (Wildman–Crippen MR) is 72.2 cm³/mol. The second-order valence-electron chi connectivity index (χ2n) is 5.39. The molecule has 0 spiro atoms. The molecule has 1 fully saturated rings. The van der Waals surface area contributed by atoms with Crippen LogP contribution in [0.15, 0.2) is 30.3 Å². The van der Waals surface area contributed by atoms with E-state index in [1.165, 1.54) is 5.56 Å². The molecule has 1 aromatic carbocycles. The lowest BCUT2D eigenvalue weighted by molar-refractivity contribution is -0.184. The maximum absolute atomic E-state index is 5.97. The predicted octanol–water partition coefficient (Wildman–Crippen LogP) is 4.05. The minimum atomic E-state index is -0.178. The molecule has 0 aliphatic carbocycles. The van der Waals surface area contributed by atoms with Crippen LogP contribution in [0.4, 0.5) is 0 Å². The number of halogens is 1. The van der Waals surface area contributed by atoms with E-state index in [0.29, 0.717) is 0 Å². The van der Waals surface area contributed by atoms with Gasteiger partial charge in [0, 0.05) is 0 Å². The topological polar surface area (TPSA) is 18.5 Å². The van der Waals surface area contributed by atoms with Crippen molar-refractivity contribution in [3.63, 3.8) is 0 Å². The molecule has 0 amide bonds. The van der Waals surface area contributed by atoms with Crippen molar-refractivity contribution in [2.75, 3.05) is 0 Å². The quantitative estimate of drug-likeness (QED) is 0.767. The van der Waals surface area contributed by atoms with Gasteiger partial charge >= 0.3 is 0 Å². The molecule has 2 rings (SSSR count). The average Bonchev–Trinajstić information content (AvgIpc) is 2.59. The zero-order valence-electron chi connectivity index (χ0n) is 10.5. The lowest BCUT2D eigenvalue weighted by Gasteiger charge is -2.26. The van der Waals surface area contributed by atoms with Crippen LogP contribution >= 0.6 is 15.9 Å². The number of ether oxygens (including phenoxy) is 2. The number of hydrogen-bond donors (Lipinski definition) is 0. The SMILES string of the molecule is CC(C)(C)O[C@H]1O[C@@H](c2ccccc2)C[C@@H]1Br. The van der Waals surface area contributed by atoms with Crippen molar-refractivity contribution in [1.29, 1.82) is 0 Å². The first-order valence-corrected chi connectivity index (χ1v) is 6.89. The van der Waals surface area contributed by atoms with Crippen molar-refractivity contribution in [1.82, 2.24) is 0 Å². The average molecular weight is 299 g/mol. The van der Waals surface area contributed by atoms with Crippen LogP contribution in [0.25, 0.3) is 0 Å². The number of rotatable bonds is 2. The monoisotopic (exact) mass is 298 g/mol. The van der Waals surface area contributed by atoms with Gasteiger partial charge in [-0.05, 0) is 32.8 Å². The van der Waals surface area contributed by atoms with Gasteiger partial charge in [0.1, 0.15) is 0 Å². The molecule has 0 unspecified atom stereocenters. The summed E-state index contributed by atoms with van der Waals surface area (Å²) in [5.41, 5.74) is 1.04. The van der Waals surface area contributed by atoms with Gasteiger partial charge in [0.05, 0.1) is 16.5 Å². The van der Waals surface area contributed by atoms with Crippen LogP contribution in [-0.2, 0) is 9.47 Å². The Labute approximate surface area is 111 Å². The van der Waals surface area contributed by atoms with Gasteiger partial charge in [0.2, 0.25) is 0 Å². The fourth-order valence-corrected chi connectivity index (χ4v) is 2.52. The lowest BCUT2D eigenvalue weighted by Crippen LogP contribution is -2.31. The summed E-state index contributed by atoms with van der Waals surface area (Å²) in [6.45, 7) is 6.14. The van der Waals surface area contributed by atoms with Crippen LogP contribution in [0.2, 0.25) is 0 Å². The molecule has 17 heavy (non-hydrogen) atoms. The molecule has 1 heterocycles. The highest BCUT2D eigenvalue weighted by atomic mass is 79.9. The molecule has 0 bridgehead atoms. The molecule has 1 aliphatic heterocycles. The third-order valence-electron chi connectivity index (χ3n) is 2.67. The molecule has 94 valence electrons. The molecule has 0 radical (unpaired) electrons. The molecule has 1 aliphatic rings. The molecule has 1 aromatic rings. The van der Waals surface area contributed by atoms with Gasteiger partial charge in [-0.2, -0.15) is 0 Å². The highest BCUT2D eigenvalue weighted by molar-refractivity contribution is 9.09. The second-order valence-corrected chi connectivity index (χ2v) is 6.56. The number of hydrogen-bond acceptors (Lipinski definition) is 2. The summed E-state index contributed by atoms with van der Waals surface area (Å²) in [6, 6.07) is 10.3. The van der Waals surface area contributed by atoms with Crippen LogP contribution in [0.5, 0.6) is 0 Å². The van der Waals surface area contributed by atoms with Crippen molar-refractivity contribution in [2.45, 2.75) is 50.0 Å². The van der Waals surface area contributed by atoms with Crippen molar-refractivity contribution >= 4 is 15.9 Å². The van der Waals surface area contributed by atoms with E-state index >= 15 is 0 Å². The van der Waals surface area contributed by atoms with E-state index in [1.807, 2.05) is 39.0 Å². The maximum Gasteiger partial charge on any atom is 0.171 e. The lowest BCUT2D eigenvalue weighted by atomic mass is 10.1. The molecule has 1 saturated heterocycles. The molecular formula is C14H19BrO2. The zero-order valence-corrected chi connectivity index (χ0v) is 12.1. The van der Waals surface area contributed by atoms with Crippen molar-refractivity contribution in [3.05, 3.63) is 35.9 Å². The van der Waals surface area contributed by atoms with Gasteiger partial charge in [-0.25, -0.2) is 0 Å². The molecular weight excluding hydrogens is 280 g/mol. The van der Waals surface area contributed by atoms with Gasteiger partial charge in [-0.1, -0.05) is 46.3 Å². The first-order valence-electron chi connectivity index (χ1n) is 5.98. The minimum Gasteiger partial charge on any atom is -0.346 e. The Kier molecular flexibility index (Phi) is 3.91. The third kappa shape index (κ3) is 3.54. The Morgan fingerprint density at radius 1 is 1.24 bits per heavy atom. The van der Waals surface area contributed by atoms with E-state index in [0.717, 1.165) is 6.42 Å². The minimum absolute atomic E-state index is 0.132. The van der Waals surface area contributed by atoms with E-state index in [-0.39, 0.29) is 22.8 Å². The Hall–Kier alpha value is -0.380. The van der Waals surface area contributed by atoms with Crippen molar-refractivity contribution < 1.29 is 9.47 Å². The van der Waals surface area contributed by atoms with Crippen molar-refractivity contribution in [2.24, 2.45) is 0 Å². The maximum atomic E-state index is 5.97. The Balaban J connectivity index is 2.02. The van der Waals surface area contributed by atoms with Gasteiger partial charge < -0.3 is 9.47 Å². The summed E-state index contributed by atoms with van der Waals surface area (Å²) in [5.74, 6) is 0. The fourth-order valence-electron chi connectivity index (χ4n) is 1.95. The molecule has 3 atom stereocenters. The molecule has 0 N–H and O–H groups in total. The molecule has 0 aromatic heterocycles. The van der Waals surface area contributed by atoms with E-state index in [2.05, 4.69) is 28.1 Å². The Bertz CT molecular complexity index is 358. The molecule has 3 heteroatoms. The van der Waals surface area contributed by atoms with Crippen LogP contribution in [-0.4, -0.2) is 16.7 Å². The van der Waals surface area contributed by atoms with E-state index < -0.39 is 0 Å². The standard InChI is InChI=1S/C14H19BrO2/c1-14(2,3)17-13-11(15)9-12(16-13)10-7-5-4-6-8-10/h4-8,11-13H,9H2,1-3H3/t11-,12+,13+/m0/s1. The summed E-state index contributed by atoms with van der Waals surface area (Å²) in [7, 11) is 0. The van der Waals surface area contributed by atoms with E-state index in [9.17, 15) is 0 Å². The second kappa shape index (κ2) is 5.09. The summed E-state index contributed by atoms with van der Waals surface area (Å²) >= 11 is 3.65. The first kappa shape index (κ1) is 13.1. The van der Waals surface area contributed by atoms with Crippen molar-refractivity contribution in [3.8, 4) is 0 Å². The van der Waals surface area contributed by atoms with Gasteiger partial charge in [0.15, 0.2) is 6.29 Å². The molecule has 0 saturated carbocycles. The normalized spacial score (nSPS) is 29.5. The first-order chi connectivity index (χ1) is 7.96. The Morgan fingerprint density at radius 2 is 1.88 bits per heavy atom. The highest BCUT2D eigenvalue weighted by Gasteiger charge is 2.37. The largest absolute Gasteiger partial charge is 0.346 e. The fraction of sp³-hybridized carbons (Fsp3) is 0.571. The highest BCUT2D eigenvalue weighted by Crippen LogP contribution is 2.38. The zero-order chi connectivity index (χ0) is 12.5. The van der Waals surface area contributed by atoms with Gasteiger partial charge in [-0.3, -0.25) is 0 Å². The summed E-state index contributed by atoms with van der Waals surface area (Å²) in [5, 5.41) is 0. The summed E-state index contributed by atoms with van der Waals surface area (Å²) in [6.07, 6.45) is 0.915. The van der Waals surface area contributed by atoms with Gasteiger partial charge in [0.25, 0.3) is 0 Å². The third-order valence-corrected chi connectivity index (χ3v) is 3.48. The van der Waals surface area contributed by atoms with Gasteiger partial charge in [-0.15, -0.1) is 0 Å². The van der Waals surface area contributed by atoms with Crippen LogP contribution in [0.3, 0.4) is 0 Å². The summed E-state index contributed by atoms with van der Waals surface area (Å²) < 4.78 is 11.9. The molecule has 2 nitrogen and oxygen atoms in total.